The number of carboxylic acids is 1. The van der Waals surface area contributed by atoms with Crippen molar-refractivity contribution in [2.45, 2.75) is 0 Å². The van der Waals surface area contributed by atoms with Crippen LogP contribution in [0.5, 0.6) is 5.75 Å². The molecule has 2 aromatic carbocycles. The van der Waals surface area contributed by atoms with Gasteiger partial charge in [0.2, 0.25) is 0 Å². The molecular weight excluding hydrogens is 290 g/mol. The smallest absolute Gasteiger partial charge is 0.336 e. The maximum Gasteiger partial charge on any atom is 0.336 e. The van der Waals surface area contributed by atoms with Crippen LogP contribution < -0.4 is 4.74 Å². The topological polar surface area (TPSA) is 49.8 Å². The Morgan fingerprint density at radius 3 is 2.39 bits per heavy atom. The molecule has 0 radical (unpaired) electrons. The lowest BCUT2D eigenvalue weighted by Crippen LogP contribution is -2.19. The lowest BCUT2D eigenvalue weighted by Gasteiger charge is -2.13. The standard InChI is InChI=1S/C19H21NO3/c1-20(2)12-13-23-18-11-7-6-10-16(18)14-17(19(21)22)15-8-4-3-5-9-15/h3-11,14H,12-13H2,1-2H3,(H,21,22)/b17-14-. The van der Waals surface area contributed by atoms with E-state index in [2.05, 4.69) is 0 Å². The lowest BCUT2D eigenvalue weighted by atomic mass is 10.0. The van der Waals surface area contributed by atoms with E-state index in [1.165, 1.54) is 0 Å². The van der Waals surface area contributed by atoms with Gasteiger partial charge in [-0.25, -0.2) is 4.79 Å². The van der Waals surface area contributed by atoms with Crippen LogP contribution in [0.15, 0.2) is 54.6 Å². The van der Waals surface area contributed by atoms with E-state index in [9.17, 15) is 9.90 Å². The highest BCUT2D eigenvalue weighted by molar-refractivity contribution is 6.20. The van der Waals surface area contributed by atoms with E-state index < -0.39 is 5.97 Å². The summed E-state index contributed by atoms with van der Waals surface area (Å²) in [7, 11) is 3.96. The molecule has 0 saturated carbocycles. The van der Waals surface area contributed by atoms with Gasteiger partial charge in [0.25, 0.3) is 0 Å². The van der Waals surface area contributed by atoms with Crippen molar-refractivity contribution >= 4 is 17.6 Å². The summed E-state index contributed by atoms with van der Waals surface area (Å²) in [5, 5.41) is 9.51. The highest BCUT2D eigenvalue weighted by Gasteiger charge is 2.11. The van der Waals surface area contributed by atoms with Gasteiger partial charge in [-0.3, -0.25) is 0 Å². The summed E-state index contributed by atoms with van der Waals surface area (Å²) >= 11 is 0. The van der Waals surface area contributed by atoms with Gasteiger partial charge in [0.05, 0.1) is 5.57 Å². The minimum atomic E-state index is -0.959. The summed E-state index contributed by atoms with van der Waals surface area (Å²) in [4.78, 5) is 13.6. The van der Waals surface area contributed by atoms with Gasteiger partial charge < -0.3 is 14.7 Å². The van der Waals surface area contributed by atoms with Crippen LogP contribution in [0.25, 0.3) is 11.6 Å². The van der Waals surface area contributed by atoms with Crippen LogP contribution in [-0.2, 0) is 4.79 Å². The number of carboxylic acid groups (broad SMARTS) is 1. The van der Waals surface area contributed by atoms with Gasteiger partial charge in [-0.2, -0.15) is 0 Å². The van der Waals surface area contributed by atoms with Gasteiger partial charge in [0.1, 0.15) is 12.4 Å². The van der Waals surface area contributed by atoms with Crippen molar-refractivity contribution in [3.63, 3.8) is 0 Å². The van der Waals surface area contributed by atoms with Gasteiger partial charge in [0.15, 0.2) is 0 Å². The molecule has 2 aromatic rings. The predicted molar refractivity (Wildman–Crippen MR) is 92.4 cm³/mol. The van der Waals surface area contributed by atoms with Crippen LogP contribution in [0.3, 0.4) is 0 Å². The molecule has 23 heavy (non-hydrogen) atoms. The Hall–Kier alpha value is -2.59. The normalized spacial score (nSPS) is 11.5. The molecule has 120 valence electrons. The molecule has 0 atom stereocenters. The number of carbonyl (C=O) groups is 1. The molecule has 0 spiro atoms. The van der Waals surface area contributed by atoms with E-state index in [1.54, 1.807) is 18.2 Å². The molecule has 4 heteroatoms. The minimum absolute atomic E-state index is 0.245. The van der Waals surface area contributed by atoms with Crippen LogP contribution in [0.4, 0.5) is 0 Å². The highest BCUT2D eigenvalue weighted by Crippen LogP contribution is 2.25. The summed E-state index contributed by atoms with van der Waals surface area (Å²) in [5.74, 6) is -0.275. The Bertz CT molecular complexity index is 678. The number of nitrogens with zero attached hydrogens (tertiary/aromatic N) is 1. The van der Waals surface area contributed by atoms with Gasteiger partial charge >= 0.3 is 5.97 Å². The molecule has 0 amide bonds. The molecule has 0 aliphatic carbocycles. The van der Waals surface area contributed by atoms with E-state index in [-0.39, 0.29) is 5.57 Å². The monoisotopic (exact) mass is 311 g/mol. The average Bonchev–Trinajstić information content (AvgIpc) is 2.54. The van der Waals surface area contributed by atoms with Gasteiger partial charge in [-0.1, -0.05) is 48.5 Å². The fraction of sp³-hybridized carbons (Fsp3) is 0.211. The molecule has 4 nitrogen and oxygen atoms in total. The number of para-hydroxylation sites is 1. The number of likely N-dealkylation sites (N-methyl/N-ethyl adjacent to an activating group) is 1. The first-order chi connectivity index (χ1) is 11.1. The number of benzene rings is 2. The lowest BCUT2D eigenvalue weighted by molar-refractivity contribution is -0.130. The third-order valence-corrected chi connectivity index (χ3v) is 3.33. The fourth-order valence-electron chi connectivity index (χ4n) is 2.11. The summed E-state index contributed by atoms with van der Waals surface area (Å²) in [6, 6.07) is 16.5. The van der Waals surface area contributed by atoms with Crippen LogP contribution >= 0.6 is 0 Å². The zero-order chi connectivity index (χ0) is 16.7. The predicted octanol–water partition coefficient (Wildman–Crippen LogP) is 3.25. The van der Waals surface area contributed by atoms with E-state index in [0.29, 0.717) is 17.9 Å². The minimum Gasteiger partial charge on any atom is -0.492 e. The van der Waals surface area contributed by atoms with Crippen molar-refractivity contribution in [3.8, 4) is 5.75 Å². The number of rotatable bonds is 7. The van der Waals surface area contributed by atoms with Crippen LogP contribution in [-0.4, -0.2) is 43.2 Å². The first-order valence-electron chi connectivity index (χ1n) is 7.45. The molecule has 2 rings (SSSR count). The van der Waals surface area contributed by atoms with Gasteiger partial charge in [-0.05, 0) is 31.8 Å². The van der Waals surface area contributed by atoms with Crippen LogP contribution in [0.2, 0.25) is 0 Å². The van der Waals surface area contributed by atoms with Gasteiger partial charge in [-0.15, -0.1) is 0 Å². The fourth-order valence-corrected chi connectivity index (χ4v) is 2.11. The Morgan fingerprint density at radius 1 is 1.09 bits per heavy atom. The third-order valence-electron chi connectivity index (χ3n) is 3.33. The number of hydrogen-bond acceptors (Lipinski definition) is 3. The molecule has 0 heterocycles. The molecule has 1 N–H and O–H groups in total. The van der Waals surface area contributed by atoms with Crippen LogP contribution in [0, 0.1) is 0 Å². The second-order valence-electron chi connectivity index (χ2n) is 5.42. The van der Waals surface area contributed by atoms with Crippen molar-refractivity contribution in [1.82, 2.24) is 4.90 Å². The largest absolute Gasteiger partial charge is 0.492 e. The summed E-state index contributed by atoms with van der Waals surface area (Å²) in [6.07, 6.45) is 1.66. The summed E-state index contributed by atoms with van der Waals surface area (Å²) in [6.45, 7) is 1.34. The van der Waals surface area contributed by atoms with E-state index in [1.807, 2.05) is 61.5 Å². The second-order valence-corrected chi connectivity index (χ2v) is 5.42. The Kier molecular flexibility index (Phi) is 5.94. The highest BCUT2D eigenvalue weighted by atomic mass is 16.5. The molecule has 0 unspecified atom stereocenters. The zero-order valence-corrected chi connectivity index (χ0v) is 13.4. The van der Waals surface area contributed by atoms with Crippen molar-refractivity contribution < 1.29 is 14.6 Å². The Labute approximate surface area is 136 Å². The Morgan fingerprint density at radius 2 is 1.74 bits per heavy atom. The van der Waals surface area contributed by atoms with Crippen molar-refractivity contribution in [2.75, 3.05) is 27.2 Å². The second kappa shape index (κ2) is 8.15. The summed E-state index contributed by atoms with van der Waals surface area (Å²) < 4.78 is 5.79. The maximum absolute atomic E-state index is 11.6. The molecule has 0 fully saturated rings. The van der Waals surface area contributed by atoms with E-state index >= 15 is 0 Å². The quantitative estimate of drug-likeness (QED) is 0.630. The average molecular weight is 311 g/mol. The van der Waals surface area contributed by atoms with Gasteiger partial charge in [0, 0.05) is 12.1 Å². The van der Waals surface area contributed by atoms with Crippen molar-refractivity contribution in [1.29, 1.82) is 0 Å². The molecule has 0 bridgehead atoms. The first kappa shape index (κ1) is 16.8. The SMILES string of the molecule is CN(C)CCOc1ccccc1/C=C(\C(=O)O)c1ccccc1. The third kappa shape index (κ3) is 4.97. The number of ether oxygens (including phenoxy) is 1. The molecule has 0 aliphatic heterocycles. The molecular formula is C19H21NO3. The maximum atomic E-state index is 11.6. The van der Waals surface area contributed by atoms with E-state index in [0.717, 1.165) is 12.1 Å². The zero-order valence-electron chi connectivity index (χ0n) is 13.4. The number of aliphatic carboxylic acids is 1. The Balaban J connectivity index is 2.30. The molecule has 0 aromatic heterocycles. The summed E-state index contributed by atoms with van der Waals surface area (Å²) in [5.41, 5.74) is 1.67. The van der Waals surface area contributed by atoms with Crippen molar-refractivity contribution in [2.24, 2.45) is 0 Å². The first-order valence-corrected chi connectivity index (χ1v) is 7.45. The number of hydrogen-bond donors (Lipinski definition) is 1. The van der Waals surface area contributed by atoms with E-state index in [4.69, 9.17) is 4.74 Å². The molecule has 0 saturated heterocycles. The van der Waals surface area contributed by atoms with Crippen molar-refractivity contribution in [3.05, 3.63) is 65.7 Å². The molecule has 0 aliphatic rings. The van der Waals surface area contributed by atoms with Crippen LogP contribution in [0.1, 0.15) is 11.1 Å².